The Morgan fingerprint density at radius 2 is 2.23 bits per heavy atom. The average Bonchev–Trinajstić information content (AvgIpc) is 3.13. The number of carbonyl (C=O) groups is 1. The van der Waals surface area contributed by atoms with E-state index in [4.69, 9.17) is 16.3 Å². The molecule has 0 saturated carbocycles. The third kappa shape index (κ3) is 4.44. The number of hydrogen-bond donors (Lipinski definition) is 1. The summed E-state index contributed by atoms with van der Waals surface area (Å²) in [5, 5.41) is 3.38. The molecule has 0 aliphatic carbocycles. The number of ether oxygens (including phenoxy) is 1. The Hall–Kier alpha value is -1.02. The van der Waals surface area contributed by atoms with Crippen LogP contribution in [-0.4, -0.2) is 72.8 Å². The fourth-order valence-corrected chi connectivity index (χ4v) is 5.20. The molecule has 1 N–H and O–H groups in total. The van der Waals surface area contributed by atoms with Crippen LogP contribution in [0.2, 0.25) is 5.02 Å². The van der Waals surface area contributed by atoms with Gasteiger partial charge < -0.3 is 15.0 Å². The van der Waals surface area contributed by atoms with Crippen LogP contribution >= 0.6 is 23.4 Å². The van der Waals surface area contributed by atoms with Crippen LogP contribution in [0, 0.1) is 5.82 Å². The van der Waals surface area contributed by atoms with Gasteiger partial charge in [0, 0.05) is 48.6 Å². The van der Waals surface area contributed by atoms with Gasteiger partial charge in [-0.1, -0.05) is 17.7 Å². The molecule has 2 aliphatic heterocycles. The van der Waals surface area contributed by atoms with Crippen LogP contribution in [0.3, 0.4) is 0 Å². The zero-order valence-electron chi connectivity index (χ0n) is 15.0. The predicted molar refractivity (Wildman–Crippen MR) is 103 cm³/mol. The fraction of sp³-hybridized carbons (Fsp3) is 0.611. The van der Waals surface area contributed by atoms with Gasteiger partial charge in [0.15, 0.2) is 0 Å². The first-order valence-corrected chi connectivity index (χ1v) is 10.4. The number of rotatable bonds is 5. The molecule has 2 saturated heterocycles. The number of nitrogens with zero attached hydrogens (tertiary/aromatic N) is 2. The zero-order chi connectivity index (χ0) is 18.6. The first-order valence-electron chi connectivity index (χ1n) is 8.84. The summed E-state index contributed by atoms with van der Waals surface area (Å²) < 4.78 is 19.4. The maximum atomic E-state index is 13.9. The lowest BCUT2D eigenvalue weighted by Gasteiger charge is -2.43. The lowest BCUT2D eigenvalue weighted by Crippen LogP contribution is -2.59. The first-order chi connectivity index (χ1) is 12.5. The van der Waals surface area contributed by atoms with Crippen LogP contribution in [0.5, 0.6) is 0 Å². The third-order valence-electron chi connectivity index (χ3n) is 5.14. The van der Waals surface area contributed by atoms with Gasteiger partial charge in [-0.15, -0.1) is 0 Å². The van der Waals surface area contributed by atoms with E-state index in [0.29, 0.717) is 17.1 Å². The molecule has 1 aromatic carbocycles. The van der Waals surface area contributed by atoms with Crippen LogP contribution < -0.4 is 5.32 Å². The summed E-state index contributed by atoms with van der Waals surface area (Å²) in [6.07, 6.45) is 1.06. The summed E-state index contributed by atoms with van der Waals surface area (Å²) in [4.78, 5) is 16.5. The maximum absolute atomic E-state index is 13.9. The summed E-state index contributed by atoms with van der Waals surface area (Å²) in [7, 11) is 1.66. The molecule has 0 spiro atoms. The van der Waals surface area contributed by atoms with Crippen LogP contribution in [0.1, 0.15) is 12.0 Å². The van der Waals surface area contributed by atoms with Crippen molar-refractivity contribution in [3.05, 3.63) is 34.6 Å². The minimum absolute atomic E-state index is 0.0133. The number of amides is 2. The lowest BCUT2D eigenvalue weighted by molar-refractivity contribution is -0.0127. The van der Waals surface area contributed by atoms with Gasteiger partial charge in [0.2, 0.25) is 0 Å². The summed E-state index contributed by atoms with van der Waals surface area (Å²) in [6.45, 7) is 4.01. The Morgan fingerprint density at radius 1 is 1.46 bits per heavy atom. The van der Waals surface area contributed by atoms with E-state index < -0.39 is 5.82 Å². The van der Waals surface area contributed by atoms with Crippen LogP contribution in [0.15, 0.2) is 18.2 Å². The minimum atomic E-state index is -0.394. The summed E-state index contributed by atoms with van der Waals surface area (Å²) in [5.41, 5.74) is 0.326. The molecule has 0 aromatic heterocycles. The van der Waals surface area contributed by atoms with Crippen molar-refractivity contribution >= 4 is 29.4 Å². The third-order valence-corrected chi connectivity index (χ3v) is 6.73. The zero-order valence-corrected chi connectivity index (χ0v) is 16.5. The molecule has 8 heteroatoms. The highest BCUT2D eigenvalue weighted by atomic mass is 35.5. The quantitative estimate of drug-likeness (QED) is 0.824. The summed E-state index contributed by atoms with van der Waals surface area (Å²) in [5.74, 6) is 1.72. The Bertz CT molecular complexity index is 617. The largest absolute Gasteiger partial charge is 0.379 e. The molecule has 144 valence electrons. The molecule has 1 unspecified atom stereocenters. The van der Waals surface area contributed by atoms with Crippen molar-refractivity contribution in [2.24, 2.45) is 0 Å². The second-order valence-electron chi connectivity index (χ2n) is 6.84. The lowest BCUT2D eigenvalue weighted by atomic mass is 9.95. The van der Waals surface area contributed by atoms with Gasteiger partial charge in [0.1, 0.15) is 5.82 Å². The number of carbonyl (C=O) groups excluding carboxylic acids is 1. The van der Waals surface area contributed by atoms with E-state index in [1.165, 1.54) is 11.0 Å². The van der Waals surface area contributed by atoms with Crippen LogP contribution in [0.4, 0.5) is 9.18 Å². The number of urea groups is 1. The molecule has 26 heavy (non-hydrogen) atoms. The van der Waals surface area contributed by atoms with Gasteiger partial charge in [0.25, 0.3) is 0 Å². The Labute approximate surface area is 163 Å². The number of hydrogen-bond acceptors (Lipinski definition) is 4. The number of benzene rings is 1. The molecular formula is C18H25ClFN3O2S. The van der Waals surface area contributed by atoms with Gasteiger partial charge in [-0.25, -0.2) is 9.18 Å². The molecule has 2 amide bonds. The standard InChI is InChI=1S/C18H25ClFN3O2S/c1-22(11-14-15(19)3-2-4-16(14)20)17(24)21-12-18(5-10-26-13-18)23-6-8-25-9-7-23/h2-4H,5-13H2,1H3,(H,21,24). The molecule has 1 aromatic rings. The van der Waals surface area contributed by atoms with Crippen molar-refractivity contribution in [3.63, 3.8) is 0 Å². The van der Waals surface area contributed by atoms with E-state index in [1.807, 2.05) is 11.8 Å². The first kappa shape index (κ1) is 19.7. The molecule has 2 fully saturated rings. The molecule has 0 bridgehead atoms. The monoisotopic (exact) mass is 401 g/mol. The van der Waals surface area contributed by atoms with Crippen molar-refractivity contribution in [2.75, 3.05) is 51.4 Å². The second-order valence-corrected chi connectivity index (χ2v) is 8.35. The topological polar surface area (TPSA) is 44.8 Å². The molecule has 3 rings (SSSR count). The Morgan fingerprint density at radius 3 is 2.88 bits per heavy atom. The van der Waals surface area contributed by atoms with Gasteiger partial charge in [-0.05, 0) is 24.3 Å². The highest BCUT2D eigenvalue weighted by Gasteiger charge is 2.41. The van der Waals surface area contributed by atoms with Gasteiger partial charge in [-0.2, -0.15) is 11.8 Å². The van der Waals surface area contributed by atoms with Crippen molar-refractivity contribution in [1.29, 1.82) is 0 Å². The van der Waals surface area contributed by atoms with Crippen molar-refractivity contribution in [2.45, 2.75) is 18.5 Å². The van der Waals surface area contributed by atoms with Gasteiger partial charge >= 0.3 is 6.03 Å². The highest BCUT2D eigenvalue weighted by molar-refractivity contribution is 7.99. The Balaban J connectivity index is 1.59. The minimum Gasteiger partial charge on any atom is -0.379 e. The molecule has 2 heterocycles. The van der Waals surface area contributed by atoms with E-state index in [2.05, 4.69) is 10.2 Å². The summed E-state index contributed by atoms with van der Waals surface area (Å²) in [6, 6.07) is 4.34. The maximum Gasteiger partial charge on any atom is 0.317 e. The van der Waals surface area contributed by atoms with Crippen molar-refractivity contribution in [1.82, 2.24) is 15.1 Å². The van der Waals surface area contributed by atoms with Crippen LogP contribution in [-0.2, 0) is 11.3 Å². The highest BCUT2D eigenvalue weighted by Crippen LogP contribution is 2.33. The second kappa shape index (κ2) is 8.78. The molecule has 1 atom stereocenters. The molecule has 5 nitrogen and oxygen atoms in total. The number of halogens is 2. The van der Waals surface area contributed by atoms with E-state index in [1.54, 1.807) is 19.2 Å². The number of thioether (sulfide) groups is 1. The van der Waals surface area contributed by atoms with E-state index >= 15 is 0 Å². The summed E-state index contributed by atoms with van der Waals surface area (Å²) >= 11 is 7.99. The van der Waals surface area contributed by atoms with Gasteiger partial charge in [-0.3, -0.25) is 4.90 Å². The molecular weight excluding hydrogens is 377 g/mol. The van der Waals surface area contributed by atoms with E-state index in [0.717, 1.165) is 44.2 Å². The molecule has 0 radical (unpaired) electrons. The van der Waals surface area contributed by atoms with E-state index in [-0.39, 0.29) is 18.1 Å². The fourth-order valence-electron chi connectivity index (χ4n) is 3.50. The normalized spacial score (nSPS) is 23.8. The molecule has 2 aliphatic rings. The smallest absolute Gasteiger partial charge is 0.317 e. The van der Waals surface area contributed by atoms with Crippen molar-refractivity contribution in [3.8, 4) is 0 Å². The van der Waals surface area contributed by atoms with Crippen molar-refractivity contribution < 1.29 is 13.9 Å². The SMILES string of the molecule is CN(Cc1c(F)cccc1Cl)C(=O)NCC1(N2CCOCC2)CCSC1. The predicted octanol–water partition coefficient (Wildman–Crippen LogP) is 2.83. The van der Waals surface area contributed by atoms with E-state index in [9.17, 15) is 9.18 Å². The number of nitrogens with one attached hydrogen (secondary N) is 1. The van der Waals surface area contributed by atoms with Crippen LogP contribution in [0.25, 0.3) is 0 Å². The van der Waals surface area contributed by atoms with Gasteiger partial charge in [0.05, 0.1) is 19.8 Å². The number of morpholine rings is 1. The Kier molecular flexibility index (Phi) is 6.66. The average molecular weight is 402 g/mol.